The lowest BCUT2D eigenvalue weighted by atomic mass is 9.91. The summed E-state index contributed by atoms with van der Waals surface area (Å²) in [5.74, 6) is -0.834. The van der Waals surface area contributed by atoms with Gasteiger partial charge in [-0.05, 0) is 72.0 Å². The van der Waals surface area contributed by atoms with E-state index in [1.54, 1.807) is 12.1 Å². The van der Waals surface area contributed by atoms with E-state index >= 15 is 0 Å². The summed E-state index contributed by atoms with van der Waals surface area (Å²) >= 11 is 0. The number of carbonyl (C=O) groups excluding carboxylic acids is 1. The summed E-state index contributed by atoms with van der Waals surface area (Å²) in [5, 5.41) is 22.4. The molecule has 34 heavy (non-hydrogen) atoms. The van der Waals surface area contributed by atoms with Crippen LogP contribution in [0.4, 0.5) is 15.8 Å². The zero-order chi connectivity index (χ0) is 23.8. The number of carbonyl (C=O) groups is 1. The summed E-state index contributed by atoms with van der Waals surface area (Å²) in [6, 6.07) is 15.9. The molecule has 0 radical (unpaired) electrons. The summed E-state index contributed by atoms with van der Waals surface area (Å²) in [5.41, 5.74) is 7.39. The zero-order valence-corrected chi connectivity index (χ0v) is 18.8. The van der Waals surface area contributed by atoms with Crippen LogP contribution in [-0.4, -0.2) is 29.1 Å². The van der Waals surface area contributed by atoms with E-state index < -0.39 is 5.82 Å². The van der Waals surface area contributed by atoms with Crippen molar-refractivity contribution in [3.8, 4) is 6.07 Å². The maximum absolute atomic E-state index is 13.9. The normalized spacial score (nSPS) is 15.8. The molecule has 1 atom stereocenters. The van der Waals surface area contributed by atoms with Gasteiger partial charge in [-0.3, -0.25) is 4.90 Å². The number of nitrogens with one attached hydrogen (secondary N) is 1. The number of esters is 1. The van der Waals surface area contributed by atoms with E-state index in [9.17, 15) is 14.3 Å². The zero-order valence-electron chi connectivity index (χ0n) is 18.8. The number of fused-ring (bicyclic) bond motifs is 2. The lowest BCUT2D eigenvalue weighted by Crippen LogP contribution is -2.36. The number of aliphatic hydroxyl groups is 1. The smallest absolute Gasteiger partial charge is 0.338 e. The van der Waals surface area contributed by atoms with E-state index in [2.05, 4.69) is 22.3 Å². The molecule has 7 heteroatoms. The Morgan fingerprint density at radius 1 is 1.18 bits per heavy atom. The summed E-state index contributed by atoms with van der Waals surface area (Å²) in [7, 11) is 0. The van der Waals surface area contributed by atoms with Crippen molar-refractivity contribution in [2.24, 2.45) is 0 Å². The molecular formula is C27H24FN3O3. The second kappa shape index (κ2) is 8.90. The SMILES string of the molecule is Cc1c(C(CO)N2CCc3cc(Nc4ccc(C#N)c(F)c4)ccc3C2)ccc2c1COC2=O. The van der Waals surface area contributed by atoms with Crippen molar-refractivity contribution < 1.29 is 19.0 Å². The number of halogens is 1. The third kappa shape index (κ3) is 3.92. The monoisotopic (exact) mass is 457 g/mol. The molecule has 3 aromatic rings. The first kappa shape index (κ1) is 22.1. The first-order chi connectivity index (χ1) is 16.5. The second-order valence-electron chi connectivity index (χ2n) is 8.72. The fourth-order valence-electron chi connectivity index (χ4n) is 4.91. The Kier molecular flexibility index (Phi) is 5.78. The van der Waals surface area contributed by atoms with E-state index in [1.807, 2.05) is 25.1 Å². The van der Waals surface area contributed by atoms with Crippen molar-refractivity contribution in [1.82, 2.24) is 4.90 Å². The van der Waals surface area contributed by atoms with Crippen LogP contribution in [0.25, 0.3) is 0 Å². The van der Waals surface area contributed by atoms with Gasteiger partial charge in [0.05, 0.1) is 23.8 Å². The Morgan fingerprint density at radius 3 is 2.74 bits per heavy atom. The summed E-state index contributed by atoms with van der Waals surface area (Å²) < 4.78 is 19.1. The van der Waals surface area contributed by atoms with E-state index in [4.69, 9.17) is 10.00 Å². The summed E-state index contributed by atoms with van der Waals surface area (Å²) in [6.45, 7) is 3.72. The standard InChI is InChI=1S/C27H24FN3O3/c1-16-22(6-7-23-24(16)15-34-27(23)33)26(14-32)31-9-8-17-10-20(5-3-19(17)13-31)30-21-4-2-18(12-29)25(28)11-21/h2-7,10-11,26,30,32H,8-9,13-15H2,1H3. The molecular weight excluding hydrogens is 433 g/mol. The maximum Gasteiger partial charge on any atom is 0.338 e. The van der Waals surface area contributed by atoms with Gasteiger partial charge in [-0.2, -0.15) is 5.26 Å². The Balaban J connectivity index is 1.35. The Hall–Kier alpha value is -3.73. The van der Waals surface area contributed by atoms with Gasteiger partial charge >= 0.3 is 5.97 Å². The van der Waals surface area contributed by atoms with Crippen molar-refractivity contribution in [2.75, 3.05) is 18.5 Å². The van der Waals surface area contributed by atoms with E-state index in [1.165, 1.54) is 23.3 Å². The predicted molar refractivity (Wildman–Crippen MR) is 125 cm³/mol. The highest BCUT2D eigenvalue weighted by Gasteiger charge is 2.30. The topological polar surface area (TPSA) is 85.6 Å². The molecule has 0 amide bonds. The van der Waals surface area contributed by atoms with Crippen LogP contribution < -0.4 is 5.32 Å². The minimum absolute atomic E-state index is 0.0202. The van der Waals surface area contributed by atoms with Gasteiger partial charge in [0.1, 0.15) is 18.5 Å². The quantitative estimate of drug-likeness (QED) is 0.549. The Morgan fingerprint density at radius 2 is 1.97 bits per heavy atom. The molecule has 1 unspecified atom stereocenters. The van der Waals surface area contributed by atoms with Crippen LogP contribution in [0.3, 0.4) is 0 Å². The number of nitrogens with zero attached hydrogens (tertiary/aromatic N) is 2. The van der Waals surface area contributed by atoms with Crippen molar-refractivity contribution in [1.29, 1.82) is 5.26 Å². The fraction of sp³-hybridized carbons (Fsp3) is 0.259. The fourth-order valence-corrected chi connectivity index (χ4v) is 4.91. The Labute approximate surface area is 197 Å². The van der Waals surface area contributed by atoms with Crippen molar-refractivity contribution in [3.05, 3.63) is 93.3 Å². The number of cyclic esters (lactones) is 1. The second-order valence-corrected chi connectivity index (χ2v) is 8.72. The molecule has 2 aliphatic rings. The van der Waals surface area contributed by atoms with Crippen molar-refractivity contribution >= 4 is 17.3 Å². The number of aliphatic hydroxyl groups excluding tert-OH is 1. The highest BCUT2D eigenvalue weighted by Crippen LogP contribution is 2.34. The van der Waals surface area contributed by atoms with Crippen LogP contribution in [-0.2, 0) is 24.3 Å². The molecule has 0 spiro atoms. The molecule has 6 nitrogen and oxygen atoms in total. The van der Waals surface area contributed by atoms with Gasteiger partial charge in [0.25, 0.3) is 0 Å². The number of hydrogen-bond donors (Lipinski definition) is 2. The molecule has 0 bridgehead atoms. The van der Waals surface area contributed by atoms with Gasteiger partial charge in [0, 0.05) is 30.0 Å². The number of rotatable bonds is 5. The van der Waals surface area contributed by atoms with Gasteiger partial charge < -0.3 is 15.2 Å². The van der Waals surface area contributed by atoms with Crippen LogP contribution >= 0.6 is 0 Å². The third-order valence-electron chi connectivity index (χ3n) is 6.81. The number of hydrogen-bond acceptors (Lipinski definition) is 6. The average Bonchev–Trinajstić information content (AvgIpc) is 3.22. The molecule has 172 valence electrons. The van der Waals surface area contributed by atoms with Crippen LogP contribution in [0.15, 0.2) is 48.5 Å². The predicted octanol–water partition coefficient (Wildman–Crippen LogP) is 4.51. The van der Waals surface area contributed by atoms with E-state index in [0.29, 0.717) is 17.8 Å². The van der Waals surface area contributed by atoms with Crippen molar-refractivity contribution in [3.63, 3.8) is 0 Å². The molecule has 5 rings (SSSR count). The largest absolute Gasteiger partial charge is 0.457 e. The lowest BCUT2D eigenvalue weighted by molar-refractivity contribution is 0.0534. The highest BCUT2D eigenvalue weighted by molar-refractivity contribution is 5.94. The van der Waals surface area contributed by atoms with Gasteiger partial charge in [-0.25, -0.2) is 9.18 Å². The average molecular weight is 458 g/mol. The van der Waals surface area contributed by atoms with E-state index in [0.717, 1.165) is 35.3 Å². The number of benzene rings is 3. The van der Waals surface area contributed by atoms with Crippen LogP contribution in [0, 0.1) is 24.1 Å². The Bertz CT molecular complexity index is 1330. The van der Waals surface area contributed by atoms with Gasteiger partial charge in [0.2, 0.25) is 0 Å². The molecule has 2 heterocycles. The molecule has 0 saturated carbocycles. The summed E-state index contributed by atoms with van der Waals surface area (Å²) in [4.78, 5) is 14.1. The highest BCUT2D eigenvalue weighted by atomic mass is 19.1. The number of anilines is 2. The molecule has 2 aliphatic heterocycles. The molecule has 0 aromatic heterocycles. The van der Waals surface area contributed by atoms with Crippen molar-refractivity contribution in [2.45, 2.75) is 32.5 Å². The summed E-state index contributed by atoms with van der Waals surface area (Å²) in [6.07, 6.45) is 0.814. The maximum atomic E-state index is 13.9. The first-order valence-electron chi connectivity index (χ1n) is 11.2. The molecule has 0 aliphatic carbocycles. The molecule has 2 N–H and O–H groups in total. The first-order valence-corrected chi connectivity index (χ1v) is 11.2. The number of ether oxygens (including phenoxy) is 1. The van der Waals surface area contributed by atoms with Crippen LogP contribution in [0.2, 0.25) is 0 Å². The third-order valence-corrected chi connectivity index (χ3v) is 6.81. The minimum Gasteiger partial charge on any atom is -0.457 e. The van der Waals surface area contributed by atoms with Crippen LogP contribution in [0.5, 0.6) is 0 Å². The molecule has 0 saturated heterocycles. The van der Waals surface area contributed by atoms with Gasteiger partial charge in [-0.15, -0.1) is 0 Å². The van der Waals surface area contributed by atoms with E-state index in [-0.39, 0.29) is 30.8 Å². The number of nitriles is 1. The molecule has 3 aromatic carbocycles. The van der Waals surface area contributed by atoms with Gasteiger partial charge in [0.15, 0.2) is 0 Å². The minimum atomic E-state index is -0.547. The van der Waals surface area contributed by atoms with Crippen LogP contribution in [0.1, 0.15) is 49.8 Å². The lowest BCUT2D eigenvalue weighted by Gasteiger charge is -2.36. The van der Waals surface area contributed by atoms with Gasteiger partial charge in [-0.1, -0.05) is 12.1 Å². The molecule has 0 fully saturated rings.